The highest BCUT2D eigenvalue weighted by molar-refractivity contribution is 7.90. The predicted molar refractivity (Wildman–Crippen MR) is 64.6 cm³/mol. The van der Waals surface area contributed by atoms with Crippen molar-refractivity contribution in [2.75, 3.05) is 30.5 Å². The lowest BCUT2D eigenvalue weighted by Crippen LogP contribution is -2.26. The molecule has 0 N–H and O–H groups in total. The molecule has 90 valence electrons. The van der Waals surface area contributed by atoms with Crippen LogP contribution in [0.15, 0.2) is 12.4 Å². The standard InChI is InChI=1S/C9H14ClN3O2S/c1-13(3-4-16(2,14)15)9-11-6-8(5-10)7-12-9/h6-7H,3-5H2,1-2H3. The molecule has 1 aromatic rings. The second kappa shape index (κ2) is 5.45. The van der Waals surface area contributed by atoms with Gasteiger partial charge in [-0.25, -0.2) is 18.4 Å². The fourth-order valence-electron chi connectivity index (χ4n) is 1.02. The number of rotatable bonds is 5. The highest BCUT2D eigenvalue weighted by Gasteiger charge is 2.08. The number of hydrogen-bond donors (Lipinski definition) is 0. The molecule has 0 fully saturated rings. The van der Waals surface area contributed by atoms with Crippen molar-refractivity contribution < 1.29 is 8.42 Å². The lowest BCUT2D eigenvalue weighted by Gasteiger charge is -2.15. The van der Waals surface area contributed by atoms with Crippen molar-refractivity contribution in [3.8, 4) is 0 Å². The van der Waals surface area contributed by atoms with Crippen LogP contribution in [-0.4, -0.2) is 44.0 Å². The number of sulfone groups is 1. The summed E-state index contributed by atoms with van der Waals surface area (Å²) < 4.78 is 22.0. The van der Waals surface area contributed by atoms with Crippen molar-refractivity contribution in [3.05, 3.63) is 18.0 Å². The van der Waals surface area contributed by atoms with Crippen LogP contribution in [0.1, 0.15) is 5.56 Å². The van der Waals surface area contributed by atoms with Gasteiger partial charge in [-0.2, -0.15) is 0 Å². The van der Waals surface area contributed by atoms with Gasteiger partial charge >= 0.3 is 0 Å². The maximum absolute atomic E-state index is 11.0. The Balaban J connectivity index is 2.62. The third-order valence-corrected chi connectivity index (χ3v) is 3.22. The van der Waals surface area contributed by atoms with Gasteiger partial charge in [-0.05, 0) is 0 Å². The summed E-state index contributed by atoms with van der Waals surface area (Å²) in [7, 11) is -1.21. The zero-order chi connectivity index (χ0) is 12.2. The summed E-state index contributed by atoms with van der Waals surface area (Å²) in [6, 6.07) is 0. The molecular weight excluding hydrogens is 250 g/mol. The highest BCUT2D eigenvalue weighted by Crippen LogP contribution is 2.06. The van der Waals surface area contributed by atoms with Gasteiger partial charge < -0.3 is 4.90 Å². The number of alkyl halides is 1. The van der Waals surface area contributed by atoms with Crippen LogP contribution >= 0.6 is 11.6 Å². The molecule has 0 aliphatic heterocycles. The molecule has 0 aliphatic rings. The minimum Gasteiger partial charge on any atom is -0.343 e. The Morgan fingerprint density at radius 1 is 1.38 bits per heavy atom. The molecule has 0 aromatic carbocycles. The average molecular weight is 264 g/mol. The molecule has 0 unspecified atom stereocenters. The van der Waals surface area contributed by atoms with Crippen molar-refractivity contribution in [3.63, 3.8) is 0 Å². The van der Waals surface area contributed by atoms with Crippen LogP contribution in [0.5, 0.6) is 0 Å². The first-order valence-electron chi connectivity index (χ1n) is 4.68. The number of halogens is 1. The molecule has 0 amide bonds. The van der Waals surface area contributed by atoms with E-state index in [4.69, 9.17) is 11.6 Å². The Kier molecular flexibility index (Phi) is 4.49. The van der Waals surface area contributed by atoms with Crippen molar-refractivity contribution in [2.45, 2.75) is 5.88 Å². The molecule has 0 saturated carbocycles. The van der Waals surface area contributed by atoms with Gasteiger partial charge in [0.05, 0.1) is 11.6 Å². The Hall–Kier alpha value is -0.880. The van der Waals surface area contributed by atoms with E-state index in [9.17, 15) is 8.42 Å². The van der Waals surface area contributed by atoms with E-state index in [2.05, 4.69) is 9.97 Å². The Labute approximate surface area is 100 Å². The van der Waals surface area contributed by atoms with Gasteiger partial charge in [0.2, 0.25) is 5.95 Å². The van der Waals surface area contributed by atoms with Gasteiger partial charge in [-0.15, -0.1) is 11.6 Å². The number of hydrogen-bond acceptors (Lipinski definition) is 5. The number of anilines is 1. The lowest BCUT2D eigenvalue weighted by molar-refractivity contribution is 0.601. The van der Waals surface area contributed by atoms with Crippen molar-refractivity contribution in [1.29, 1.82) is 0 Å². The normalized spacial score (nSPS) is 11.4. The first-order chi connectivity index (χ1) is 7.42. The summed E-state index contributed by atoms with van der Waals surface area (Å²) in [4.78, 5) is 9.86. The Morgan fingerprint density at radius 3 is 2.38 bits per heavy atom. The molecule has 1 aromatic heterocycles. The lowest BCUT2D eigenvalue weighted by atomic mass is 10.4. The minimum atomic E-state index is -2.96. The van der Waals surface area contributed by atoms with E-state index in [0.717, 1.165) is 5.56 Å². The first kappa shape index (κ1) is 13.2. The SMILES string of the molecule is CN(CCS(C)(=O)=O)c1ncc(CCl)cn1. The van der Waals surface area contributed by atoms with Crippen LogP contribution in [0, 0.1) is 0 Å². The van der Waals surface area contributed by atoms with Gasteiger partial charge in [-0.3, -0.25) is 0 Å². The van der Waals surface area contributed by atoms with Gasteiger partial charge in [0.25, 0.3) is 0 Å². The smallest absolute Gasteiger partial charge is 0.225 e. The molecule has 0 saturated heterocycles. The Morgan fingerprint density at radius 2 is 1.94 bits per heavy atom. The molecule has 0 spiro atoms. The van der Waals surface area contributed by atoms with E-state index in [1.54, 1.807) is 24.3 Å². The maximum atomic E-state index is 11.0. The van der Waals surface area contributed by atoms with Crippen LogP contribution in [0.2, 0.25) is 0 Å². The van der Waals surface area contributed by atoms with Gasteiger partial charge in [0.1, 0.15) is 9.84 Å². The van der Waals surface area contributed by atoms with Crippen LogP contribution in [0.4, 0.5) is 5.95 Å². The topological polar surface area (TPSA) is 63.2 Å². The fraction of sp³-hybridized carbons (Fsp3) is 0.556. The quantitative estimate of drug-likeness (QED) is 0.732. The molecule has 1 rings (SSSR count). The summed E-state index contributed by atoms with van der Waals surface area (Å²) in [5, 5.41) is 0. The number of nitrogens with zero attached hydrogens (tertiary/aromatic N) is 3. The van der Waals surface area contributed by atoms with E-state index >= 15 is 0 Å². The summed E-state index contributed by atoms with van der Waals surface area (Å²) in [6.45, 7) is 0.374. The second-order valence-corrected chi connectivity index (χ2v) is 6.10. The monoisotopic (exact) mass is 263 g/mol. The third-order valence-electron chi connectivity index (χ3n) is 1.98. The van der Waals surface area contributed by atoms with Crippen LogP contribution < -0.4 is 4.90 Å². The maximum Gasteiger partial charge on any atom is 0.225 e. The molecule has 0 atom stereocenters. The van der Waals surface area contributed by atoms with Gasteiger partial charge in [0.15, 0.2) is 0 Å². The Bertz CT molecular complexity index is 433. The molecule has 0 radical (unpaired) electrons. The minimum absolute atomic E-state index is 0.0874. The highest BCUT2D eigenvalue weighted by atomic mass is 35.5. The van der Waals surface area contributed by atoms with E-state index in [0.29, 0.717) is 18.4 Å². The molecule has 5 nitrogen and oxygen atoms in total. The van der Waals surface area contributed by atoms with Crippen molar-refractivity contribution >= 4 is 27.4 Å². The van der Waals surface area contributed by atoms with Crippen molar-refractivity contribution in [1.82, 2.24) is 9.97 Å². The fourth-order valence-corrected chi connectivity index (χ4v) is 1.76. The zero-order valence-electron chi connectivity index (χ0n) is 9.22. The van der Waals surface area contributed by atoms with E-state index in [1.807, 2.05) is 0 Å². The molecule has 0 bridgehead atoms. The molecule has 0 aliphatic carbocycles. The summed E-state index contributed by atoms with van der Waals surface area (Å²) in [5.41, 5.74) is 0.835. The summed E-state index contributed by atoms with van der Waals surface area (Å²) in [6.07, 6.45) is 4.47. The van der Waals surface area contributed by atoms with Gasteiger partial charge in [0, 0.05) is 37.8 Å². The molecule has 16 heavy (non-hydrogen) atoms. The predicted octanol–water partition coefficient (Wildman–Crippen LogP) is 0.696. The molecule has 7 heteroatoms. The van der Waals surface area contributed by atoms with Crippen LogP contribution in [0.3, 0.4) is 0 Å². The number of aromatic nitrogens is 2. The van der Waals surface area contributed by atoms with Crippen LogP contribution in [-0.2, 0) is 15.7 Å². The molecular formula is C9H14ClN3O2S. The van der Waals surface area contributed by atoms with E-state index in [1.165, 1.54) is 6.26 Å². The van der Waals surface area contributed by atoms with Gasteiger partial charge in [-0.1, -0.05) is 0 Å². The average Bonchev–Trinajstić information content (AvgIpc) is 2.25. The third kappa shape index (κ3) is 4.32. The van der Waals surface area contributed by atoms with Crippen molar-refractivity contribution in [2.24, 2.45) is 0 Å². The zero-order valence-corrected chi connectivity index (χ0v) is 10.8. The largest absolute Gasteiger partial charge is 0.343 e. The summed E-state index contributed by atoms with van der Waals surface area (Å²) >= 11 is 5.61. The second-order valence-electron chi connectivity index (χ2n) is 3.58. The molecule has 1 heterocycles. The van der Waals surface area contributed by atoms with Crippen LogP contribution in [0.25, 0.3) is 0 Å². The summed E-state index contributed by atoms with van der Waals surface area (Å²) in [5.74, 6) is 0.954. The first-order valence-corrected chi connectivity index (χ1v) is 7.27. The van der Waals surface area contributed by atoms with E-state index < -0.39 is 9.84 Å². The van der Waals surface area contributed by atoms with E-state index in [-0.39, 0.29) is 5.75 Å².